The van der Waals surface area contributed by atoms with Crippen molar-refractivity contribution in [2.75, 3.05) is 6.61 Å². The van der Waals surface area contributed by atoms with Crippen molar-refractivity contribution in [3.05, 3.63) is 12.2 Å². The summed E-state index contributed by atoms with van der Waals surface area (Å²) in [5.41, 5.74) is 0. The molecule has 0 radical (unpaired) electrons. The number of unbranched alkanes of at least 4 members (excludes halogenated alkanes) is 11. The molecule has 0 aromatic rings. The first-order valence-corrected chi connectivity index (χ1v) is 11.6. The quantitative estimate of drug-likeness (QED) is 0.197. The zero-order chi connectivity index (χ0) is 20.2. The van der Waals surface area contributed by atoms with Crippen LogP contribution < -0.4 is 5.32 Å². The van der Waals surface area contributed by atoms with Crippen LogP contribution in [0.4, 0.5) is 0 Å². The summed E-state index contributed by atoms with van der Waals surface area (Å²) in [5.74, 6) is 0.578. The molecule has 0 aromatic carbocycles. The Bertz CT molecular complexity index is 352. The van der Waals surface area contributed by atoms with Gasteiger partial charge in [0.05, 0.1) is 12.6 Å². The molecule has 0 fully saturated rings. The maximum absolute atomic E-state index is 11.9. The van der Waals surface area contributed by atoms with Crippen LogP contribution in [0.3, 0.4) is 0 Å². The number of carbonyl (C=O) groups excluding carboxylic acids is 1. The van der Waals surface area contributed by atoms with Crippen molar-refractivity contribution >= 4 is 5.91 Å². The minimum Gasteiger partial charge on any atom is -0.394 e. The van der Waals surface area contributed by atoms with Crippen LogP contribution in [0.15, 0.2) is 12.2 Å². The van der Waals surface area contributed by atoms with Crippen molar-refractivity contribution in [1.29, 1.82) is 0 Å². The molecule has 0 unspecified atom stereocenters. The molecule has 160 valence electrons. The maximum atomic E-state index is 11.9. The largest absolute Gasteiger partial charge is 0.394 e. The molecular formula is C24H47NO2. The summed E-state index contributed by atoms with van der Waals surface area (Å²) in [4.78, 5) is 11.9. The van der Waals surface area contributed by atoms with Crippen LogP contribution in [0.25, 0.3) is 0 Å². The van der Waals surface area contributed by atoms with E-state index >= 15 is 0 Å². The molecule has 0 saturated heterocycles. The molecular weight excluding hydrogens is 334 g/mol. The van der Waals surface area contributed by atoms with E-state index < -0.39 is 0 Å². The molecule has 0 saturated carbocycles. The van der Waals surface area contributed by atoms with Gasteiger partial charge in [-0.3, -0.25) is 4.79 Å². The molecule has 0 rings (SSSR count). The van der Waals surface area contributed by atoms with Gasteiger partial charge in [-0.2, -0.15) is 0 Å². The minimum atomic E-state index is -0.0828. The summed E-state index contributed by atoms with van der Waals surface area (Å²) in [6.45, 7) is 6.52. The predicted octanol–water partition coefficient (Wildman–Crippen LogP) is 6.55. The number of hydrogen-bond donors (Lipinski definition) is 2. The highest BCUT2D eigenvalue weighted by atomic mass is 16.3. The van der Waals surface area contributed by atoms with E-state index in [0.717, 1.165) is 19.3 Å². The van der Waals surface area contributed by atoms with Gasteiger partial charge in [-0.1, -0.05) is 84.3 Å². The number of amides is 1. The molecule has 0 aliphatic rings. The number of aliphatic hydroxyl groups excluding tert-OH is 1. The Morgan fingerprint density at radius 1 is 0.852 bits per heavy atom. The van der Waals surface area contributed by atoms with Gasteiger partial charge >= 0.3 is 0 Å². The fraction of sp³-hybridized carbons (Fsp3) is 0.875. The number of aliphatic hydroxyl groups is 1. The Balaban J connectivity index is 3.39. The zero-order valence-electron chi connectivity index (χ0n) is 18.5. The Hall–Kier alpha value is -0.830. The molecule has 27 heavy (non-hydrogen) atoms. The Morgan fingerprint density at radius 3 is 1.89 bits per heavy atom. The van der Waals surface area contributed by atoms with Crippen molar-refractivity contribution in [2.24, 2.45) is 5.92 Å². The number of hydrogen-bond acceptors (Lipinski definition) is 2. The molecule has 1 amide bonds. The van der Waals surface area contributed by atoms with E-state index in [0.29, 0.717) is 12.3 Å². The first-order chi connectivity index (χ1) is 13.1. The molecule has 2 N–H and O–H groups in total. The lowest BCUT2D eigenvalue weighted by molar-refractivity contribution is -0.122. The second kappa shape index (κ2) is 19.9. The Labute approximate surface area is 169 Å². The second-order valence-electron chi connectivity index (χ2n) is 8.41. The van der Waals surface area contributed by atoms with Crippen LogP contribution in [-0.2, 0) is 4.79 Å². The van der Waals surface area contributed by atoms with Gasteiger partial charge < -0.3 is 10.4 Å². The van der Waals surface area contributed by atoms with Crippen molar-refractivity contribution in [1.82, 2.24) is 5.32 Å². The first-order valence-electron chi connectivity index (χ1n) is 11.6. The van der Waals surface area contributed by atoms with E-state index in [2.05, 4.69) is 38.2 Å². The standard InChI is InChI=1S/C24H47NO2/c1-4-5-6-7-8-9-10-11-12-13-14-15-16-17-18-19-24(27)25-23(21-26)20-22(2)3/h11-12,22-23,26H,4-10,13-21H2,1-3H3,(H,25,27)/t23-/m1/s1. The van der Waals surface area contributed by atoms with Crippen LogP contribution in [0, 0.1) is 5.92 Å². The highest BCUT2D eigenvalue weighted by Gasteiger charge is 2.12. The van der Waals surface area contributed by atoms with Gasteiger partial charge in [0.2, 0.25) is 5.91 Å². The van der Waals surface area contributed by atoms with Crippen LogP contribution in [-0.4, -0.2) is 23.7 Å². The fourth-order valence-electron chi connectivity index (χ4n) is 3.40. The third-order valence-corrected chi connectivity index (χ3v) is 5.01. The second-order valence-corrected chi connectivity index (χ2v) is 8.41. The lowest BCUT2D eigenvalue weighted by Crippen LogP contribution is -2.38. The summed E-state index contributed by atoms with van der Waals surface area (Å²) >= 11 is 0. The lowest BCUT2D eigenvalue weighted by Gasteiger charge is -2.18. The number of rotatable bonds is 19. The maximum Gasteiger partial charge on any atom is 0.220 e. The van der Waals surface area contributed by atoms with E-state index in [-0.39, 0.29) is 18.6 Å². The highest BCUT2D eigenvalue weighted by molar-refractivity contribution is 5.76. The van der Waals surface area contributed by atoms with Crippen molar-refractivity contribution in [3.63, 3.8) is 0 Å². The monoisotopic (exact) mass is 381 g/mol. The van der Waals surface area contributed by atoms with Gasteiger partial charge in [-0.25, -0.2) is 0 Å². The molecule has 3 nitrogen and oxygen atoms in total. The summed E-state index contributed by atoms with van der Waals surface area (Å²) < 4.78 is 0. The first kappa shape index (κ1) is 26.2. The van der Waals surface area contributed by atoms with E-state index in [9.17, 15) is 9.90 Å². The van der Waals surface area contributed by atoms with Crippen LogP contribution >= 0.6 is 0 Å². The zero-order valence-corrected chi connectivity index (χ0v) is 18.5. The molecule has 0 heterocycles. The van der Waals surface area contributed by atoms with Gasteiger partial charge in [-0.15, -0.1) is 0 Å². The third kappa shape index (κ3) is 19.7. The normalized spacial score (nSPS) is 12.8. The van der Waals surface area contributed by atoms with E-state index in [1.165, 1.54) is 70.6 Å². The van der Waals surface area contributed by atoms with E-state index in [4.69, 9.17) is 0 Å². The molecule has 0 aliphatic heterocycles. The summed E-state index contributed by atoms with van der Waals surface area (Å²) in [5, 5.41) is 12.3. The predicted molar refractivity (Wildman–Crippen MR) is 118 cm³/mol. The fourth-order valence-corrected chi connectivity index (χ4v) is 3.40. The Morgan fingerprint density at radius 2 is 1.37 bits per heavy atom. The molecule has 0 aliphatic carbocycles. The van der Waals surface area contributed by atoms with Crippen molar-refractivity contribution in [3.8, 4) is 0 Å². The summed E-state index contributed by atoms with van der Waals surface area (Å²) in [6, 6.07) is -0.0828. The third-order valence-electron chi connectivity index (χ3n) is 5.01. The SMILES string of the molecule is CCCCCCCCC=CCCCCCCCC(=O)N[C@@H](CO)CC(C)C. The minimum absolute atomic E-state index is 0.0380. The van der Waals surface area contributed by atoms with Crippen LogP contribution in [0.1, 0.15) is 117 Å². The molecule has 3 heteroatoms. The highest BCUT2D eigenvalue weighted by Crippen LogP contribution is 2.10. The smallest absolute Gasteiger partial charge is 0.220 e. The van der Waals surface area contributed by atoms with Crippen molar-refractivity contribution in [2.45, 2.75) is 123 Å². The van der Waals surface area contributed by atoms with E-state index in [1.807, 2.05) is 0 Å². The van der Waals surface area contributed by atoms with Crippen molar-refractivity contribution < 1.29 is 9.90 Å². The van der Waals surface area contributed by atoms with E-state index in [1.54, 1.807) is 0 Å². The molecule has 1 atom stereocenters. The summed E-state index contributed by atoms with van der Waals surface area (Å²) in [7, 11) is 0. The molecule has 0 aromatic heterocycles. The van der Waals surface area contributed by atoms with Gasteiger partial charge in [0, 0.05) is 6.42 Å². The van der Waals surface area contributed by atoms with Gasteiger partial charge in [-0.05, 0) is 44.4 Å². The summed E-state index contributed by atoms with van der Waals surface area (Å²) in [6.07, 6.45) is 22.7. The Kier molecular flexibility index (Phi) is 19.3. The van der Waals surface area contributed by atoms with Gasteiger partial charge in [0.25, 0.3) is 0 Å². The van der Waals surface area contributed by atoms with Gasteiger partial charge in [0.15, 0.2) is 0 Å². The van der Waals surface area contributed by atoms with Crippen LogP contribution in [0.5, 0.6) is 0 Å². The van der Waals surface area contributed by atoms with Gasteiger partial charge in [0.1, 0.15) is 0 Å². The lowest BCUT2D eigenvalue weighted by atomic mass is 10.0. The average Bonchev–Trinajstić information content (AvgIpc) is 2.64. The topological polar surface area (TPSA) is 49.3 Å². The molecule has 0 bridgehead atoms. The molecule has 0 spiro atoms. The number of allylic oxidation sites excluding steroid dienone is 2. The number of carbonyl (C=O) groups is 1. The van der Waals surface area contributed by atoms with Crippen LogP contribution in [0.2, 0.25) is 0 Å². The number of nitrogens with one attached hydrogen (secondary N) is 1. The average molecular weight is 382 g/mol.